The zero-order valence-corrected chi connectivity index (χ0v) is 18.2. The van der Waals surface area contributed by atoms with Crippen LogP contribution in [0.4, 0.5) is 0 Å². The SMILES string of the molecule is Cc1nn(C)c(C)c1CCC(=O)N1CCCN(S(=O)(=O)N2CCCCC2)CC1. The van der Waals surface area contributed by atoms with Crippen molar-refractivity contribution in [1.29, 1.82) is 0 Å². The molecule has 0 aliphatic carbocycles. The second-order valence-corrected chi connectivity index (χ2v) is 9.80. The molecule has 1 amide bonds. The molecular weight excluding hydrogens is 378 g/mol. The summed E-state index contributed by atoms with van der Waals surface area (Å²) >= 11 is 0. The molecule has 0 saturated carbocycles. The Balaban J connectivity index is 1.56. The van der Waals surface area contributed by atoms with Crippen LogP contribution < -0.4 is 0 Å². The monoisotopic (exact) mass is 411 g/mol. The van der Waals surface area contributed by atoms with E-state index < -0.39 is 10.2 Å². The molecule has 0 atom stereocenters. The molecule has 0 radical (unpaired) electrons. The Morgan fingerprint density at radius 1 is 0.929 bits per heavy atom. The molecule has 0 N–H and O–H groups in total. The maximum absolute atomic E-state index is 12.9. The van der Waals surface area contributed by atoms with Gasteiger partial charge in [0, 0.05) is 58.4 Å². The number of amides is 1. The summed E-state index contributed by atoms with van der Waals surface area (Å²) in [5, 5.41) is 4.41. The van der Waals surface area contributed by atoms with E-state index in [1.54, 1.807) is 8.61 Å². The van der Waals surface area contributed by atoms with Crippen LogP contribution in [0.1, 0.15) is 49.1 Å². The number of aromatic nitrogens is 2. The summed E-state index contributed by atoms with van der Waals surface area (Å²) in [5.41, 5.74) is 3.21. The van der Waals surface area contributed by atoms with Crippen LogP contribution in [0, 0.1) is 13.8 Å². The first-order valence-corrected chi connectivity index (χ1v) is 11.7. The Kier molecular flexibility index (Phi) is 6.77. The molecule has 28 heavy (non-hydrogen) atoms. The van der Waals surface area contributed by atoms with Crippen molar-refractivity contribution in [3.8, 4) is 0 Å². The van der Waals surface area contributed by atoms with Crippen LogP contribution in [0.3, 0.4) is 0 Å². The second kappa shape index (κ2) is 8.92. The van der Waals surface area contributed by atoms with Gasteiger partial charge in [0.25, 0.3) is 10.2 Å². The molecule has 2 aliphatic rings. The molecule has 9 heteroatoms. The third-order valence-electron chi connectivity index (χ3n) is 6.02. The lowest BCUT2D eigenvalue weighted by atomic mass is 10.1. The standard InChI is InChI=1S/C19H33N5O3S/c1-16-18(17(2)21(3)20-16)8-9-19(25)22-10-7-13-24(15-14-22)28(26,27)23-11-5-4-6-12-23/h4-15H2,1-3H3. The average Bonchev–Trinajstić information content (AvgIpc) is 2.87. The highest BCUT2D eigenvalue weighted by Crippen LogP contribution is 2.19. The summed E-state index contributed by atoms with van der Waals surface area (Å²) in [6.07, 6.45) is 4.77. The minimum absolute atomic E-state index is 0.0971. The van der Waals surface area contributed by atoms with Gasteiger partial charge in [-0.1, -0.05) is 6.42 Å². The Labute approximate surface area is 168 Å². The Morgan fingerprint density at radius 3 is 2.21 bits per heavy atom. The normalized spacial score (nSPS) is 20.3. The lowest BCUT2D eigenvalue weighted by molar-refractivity contribution is -0.131. The molecule has 1 aromatic heterocycles. The van der Waals surface area contributed by atoms with Crippen LogP contribution >= 0.6 is 0 Å². The number of rotatable bonds is 5. The molecule has 2 aliphatic heterocycles. The number of hydrogen-bond acceptors (Lipinski definition) is 4. The third-order valence-corrected chi connectivity index (χ3v) is 8.06. The molecule has 0 bridgehead atoms. The van der Waals surface area contributed by atoms with Crippen molar-refractivity contribution in [3.05, 3.63) is 17.0 Å². The van der Waals surface area contributed by atoms with Crippen LogP contribution in [-0.4, -0.2) is 76.9 Å². The van der Waals surface area contributed by atoms with Gasteiger partial charge in [0.15, 0.2) is 0 Å². The largest absolute Gasteiger partial charge is 0.341 e. The van der Waals surface area contributed by atoms with Gasteiger partial charge in [0.2, 0.25) is 5.91 Å². The Morgan fingerprint density at radius 2 is 1.57 bits per heavy atom. The van der Waals surface area contributed by atoms with Gasteiger partial charge < -0.3 is 4.90 Å². The predicted octanol–water partition coefficient (Wildman–Crippen LogP) is 1.23. The summed E-state index contributed by atoms with van der Waals surface area (Å²) in [5.74, 6) is 0.0971. The van der Waals surface area contributed by atoms with Crippen LogP contribution in [0.15, 0.2) is 0 Å². The minimum atomic E-state index is -3.40. The average molecular weight is 412 g/mol. The fourth-order valence-electron chi connectivity index (χ4n) is 4.20. The highest BCUT2D eigenvalue weighted by Gasteiger charge is 2.32. The number of piperidine rings is 1. The van der Waals surface area contributed by atoms with E-state index >= 15 is 0 Å². The summed E-state index contributed by atoms with van der Waals surface area (Å²) in [6, 6.07) is 0. The number of hydrogen-bond donors (Lipinski definition) is 0. The molecule has 2 saturated heterocycles. The lowest BCUT2D eigenvalue weighted by Crippen LogP contribution is -2.47. The minimum Gasteiger partial charge on any atom is -0.341 e. The van der Waals surface area contributed by atoms with E-state index in [0.29, 0.717) is 58.5 Å². The first-order valence-electron chi connectivity index (χ1n) is 10.3. The van der Waals surface area contributed by atoms with Crippen LogP contribution in [0.5, 0.6) is 0 Å². The van der Waals surface area contributed by atoms with Gasteiger partial charge >= 0.3 is 0 Å². The number of nitrogens with zero attached hydrogens (tertiary/aromatic N) is 5. The molecule has 2 fully saturated rings. The smallest absolute Gasteiger partial charge is 0.282 e. The van der Waals surface area contributed by atoms with E-state index in [1.807, 2.05) is 30.5 Å². The van der Waals surface area contributed by atoms with Gasteiger partial charge in [0.1, 0.15) is 0 Å². The van der Waals surface area contributed by atoms with E-state index in [0.717, 1.165) is 36.2 Å². The molecule has 1 aromatic rings. The predicted molar refractivity (Wildman–Crippen MR) is 108 cm³/mol. The quantitative estimate of drug-likeness (QED) is 0.730. The van der Waals surface area contributed by atoms with E-state index in [1.165, 1.54) is 0 Å². The van der Waals surface area contributed by atoms with Gasteiger partial charge in [-0.3, -0.25) is 9.48 Å². The van der Waals surface area contributed by atoms with Crippen molar-refractivity contribution in [2.24, 2.45) is 7.05 Å². The summed E-state index contributed by atoms with van der Waals surface area (Å²) in [7, 11) is -1.49. The van der Waals surface area contributed by atoms with Crippen LogP contribution in [-0.2, 0) is 28.5 Å². The first-order chi connectivity index (χ1) is 13.3. The van der Waals surface area contributed by atoms with Crippen molar-refractivity contribution in [1.82, 2.24) is 23.3 Å². The van der Waals surface area contributed by atoms with Gasteiger partial charge in [-0.15, -0.1) is 0 Å². The molecule has 0 unspecified atom stereocenters. The van der Waals surface area contributed by atoms with Crippen molar-refractivity contribution < 1.29 is 13.2 Å². The van der Waals surface area contributed by atoms with Gasteiger partial charge in [-0.05, 0) is 45.1 Å². The Hall–Kier alpha value is -1.45. The number of carbonyl (C=O) groups excluding carboxylic acids is 1. The third kappa shape index (κ3) is 4.58. The van der Waals surface area contributed by atoms with E-state index in [9.17, 15) is 13.2 Å². The number of aryl methyl sites for hydroxylation is 2. The maximum Gasteiger partial charge on any atom is 0.282 e. The summed E-state index contributed by atoms with van der Waals surface area (Å²) < 4.78 is 30.8. The Bertz CT molecular complexity index is 799. The maximum atomic E-state index is 12.9. The zero-order valence-electron chi connectivity index (χ0n) is 17.4. The first kappa shape index (κ1) is 21.3. The summed E-state index contributed by atoms with van der Waals surface area (Å²) in [4.78, 5) is 14.6. The van der Waals surface area contributed by atoms with E-state index in [-0.39, 0.29) is 5.91 Å². The molecular formula is C19H33N5O3S. The van der Waals surface area contributed by atoms with Crippen molar-refractivity contribution in [3.63, 3.8) is 0 Å². The lowest BCUT2D eigenvalue weighted by Gasteiger charge is -2.31. The van der Waals surface area contributed by atoms with Gasteiger partial charge in [0.05, 0.1) is 5.69 Å². The van der Waals surface area contributed by atoms with Gasteiger partial charge in [-0.25, -0.2) is 0 Å². The van der Waals surface area contributed by atoms with Crippen LogP contribution in [0.25, 0.3) is 0 Å². The summed E-state index contributed by atoms with van der Waals surface area (Å²) in [6.45, 7) is 7.19. The zero-order chi connectivity index (χ0) is 20.3. The fourth-order valence-corrected chi connectivity index (χ4v) is 5.92. The van der Waals surface area contributed by atoms with Gasteiger partial charge in [-0.2, -0.15) is 22.1 Å². The molecule has 0 aromatic carbocycles. The molecule has 158 valence electrons. The molecule has 3 rings (SSSR count). The molecule has 3 heterocycles. The second-order valence-electron chi connectivity index (χ2n) is 7.87. The fraction of sp³-hybridized carbons (Fsp3) is 0.789. The van der Waals surface area contributed by atoms with Crippen molar-refractivity contribution in [2.75, 3.05) is 39.3 Å². The highest BCUT2D eigenvalue weighted by molar-refractivity contribution is 7.86. The van der Waals surface area contributed by atoms with E-state index in [4.69, 9.17) is 0 Å². The van der Waals surface area contributed by atoms with E-state index in [2.05, 4.69) is 5.10 Å². The number of carbonyl (C=O) groups is 1. The van der Waals surface area contributed by atoms with Crippen molar-refractivity contribution >= 4 is 16.1 Å². The topological polar surface area (TPSA) is 78.8 Å². The molecule has 0 spiro atoms. The van der Waals surface area contributed by atoms with Crippen LogP contribution in [0.2, 0.25) is 0 Å². The molecule has 8 nitrogen and oxygen atoms in total. The van der Waals surface area contributed by atoms with Crippen molar-refractivity contribution in [2.45, 2.75) is 52.4 Å². The highest BCUT2D eigenvalue weighted by atomic mass is 32.2.